The third kappa shape index (κ3) is 11.0. The number of rotatable bonds is 15. The van der Waals surface area contributed by atoms with Crippen molar-refractivity contribution in [3.63, 3.8) is 0 Å². The number of amides is 4. The number of nitrogens with one attached hydrogen (secondary N) is 7. The van der Waals surface area contributed by atoms with Crippen LogP contribution in [-0.4, -0.2) is 79.6 Å². The fourth-order valence-corrected chi connectivity index (χ4v) is 7.88. The number of carbonyl (C=O) groups excluding carboxylic acids is 4. The van der Waals surface area contributed by atoms with Gasteiger partial charge in [0.2, 0.25) is 11.8 Å². The average Bonchev–Trinajstić information content (AvgIpc) is 3.95. The zero-order valence-electron chi connectivity index (χ0n) is 33.0. The van der Waals surface area contributed by atoms with Gasteiger partial charge < -0.3 is 35.6 Å². The Morgan fingerprint density at radius 2 is 1.25 bits per heavy atom. The highest BCUT2D eigenvalue weighted by Gasteiger charge is 2.33. The molecule has 2 fully saturated rings. The van der Waals surface area contributed by atoms with Crippen LogP contribution in [-0.2, 0) is 43.2 Å². The lowest BCUT2D eigenvalue weighted by atomic mass is 9.89. The van der Waals surface area contributed by atoms with Gasteiger partial charge in [0.05, 0.1) is 7.11 Å². The van der Waals surface area contributed by atoms with Gasteiger partial charge in [-0.05, 0) is 58.1 Å². The maximum atomic E-state index is 14.4. The third-order valence-electron chi connectivity index (χ3n) is 10.7. The van der Waals surface area contributed by atoms with Crippen LogP contribution < -0.4 is 21.4 Å². The first-order chi connectivity index (χ1) is 27.0. The summed E-state index contributed by atoms with van der Waals surface area (Å²) >= 11 is 0. The number of fused-ring (bicyclic) bond motifs is 1. The van der Waals surface area contributed by atoms with Crippen LogP contribution in [0.25, 0.3) is 10.9 Å². The Bertz CT molecular complexity index is 1930. The van der Waals surface area contributed by atoms with Gasteiger partial charge in [-0.15, -0.1) is 0 Å². The number of aromatic nitrogens is 5. The normalized spacial score (nSPS) is 17.1. The summed E-state index contributed by atoms with van der Waals surface area (Å²) in [7, 11) is 1.32. The Labute approximate surface area is 327 Å². The summed E-state index contributed by atoms with van der Waals surface area (Å²) in [6.07, 6.45) is 15.9. The van der Waals surface area contributed by atoms with Gasteiger partial charge in [0.1, 0.15) is 35.4 Å². The van der Waals surface area contributed by atoms with Crippen LogP contribution in [0.3, 0.4) is 0 Å². The van der Waals surface area contributed by atoms with Crippen molar-refractivity contribution in [3.05, 3.63) is 71.5 Å². The van der Waals surface area contributed by atoms with E-state index in [1.807, 2.05) is 24.3 Å². The number of imidazole rings is 2. The lowest BCUT2D eigenvalue weighted by molar-refractivity contribution is -0.137. The van der Waals surface area contributed by atoms with E-state index < -0.39 is 47.5 Å². The molecule has 4 amide bonds. The molecule has 302 valence electrons. The SMILES string of the molecule is CONC(=O)[C@H](Cc1cnc(C2CCCCC2)[nH]1)NC(=O)[C@H](Cc1c[nH]c2ccccc12)NC(=O)[C@H](Cc1cnc(C2CCCCC2)[nH]1)NC(=O)OC(C)(C)C. The van der Waals surface area contributed by atoms with E-state index in [-0.39, 0.29) is 19.3 Å². The van der Waals surface area contributed by atoms with Gasteiger partial charge in [-0.2, -0.15) is 0 Å². The molecule has 56 heavy (non-hydrogen) atoms. The van der Waals surface area contributed by atoms with Gasteiger partial charge >= 0.3 is 6.09 Å². The second-order valence-electron chi connectivity index (χ2n) is 16.2. The largest absolute Gasteiger partial charge is 0.444 e. The molecule has 3 heterocycles. The number of hydrogen-bond donors (Lipinski definition) is 7. The Kier molecular flexibility index (Phi) is 13.5. The van der Waals surface area contributed by atoms with Crippen LogP contribution >= 0.6 is 0 Å². The molecule has 0 radical (unpaired) electrons. The second kappa shape index (κ2) is 18.6. The summed E-state index contributed by atoms with van der Waals surface area (Å²) in [5.41, 5.74) is 4.55. The topological polar surface area (TPSA) is 208 Å². The first-order valence-corrected chi connectivity index (χ1v) is 20.0. The van der Waals surface area contributed by atoms with E-state index >= 15 is 0 Å². The summed E-state index contributed by atoms with van der Waals surface area (Å²) in [6, 6.07) is 4.32. The number of para-hydroxylation sites is 1. The highest BCUT2D eigenvalue weighted by Crippen LogP contribution is 2.32. The maximum Gasteiger partial charge on any atom is 0.408 e. The van der Waals surface area contributed by atoms with Crippen molar-refractivity contribution in [1.82, 2.24) is 46.4 Å². The van der Waals surface area contributed by atoms with Crippen molar-refractivity contribution in [1.29, 1.82) is 0 Å². The van der Waals surface area contributed by atoms with Gasteiger partial charge in [-0.3, -0.25) is 19.2 Å². The van der Waals surface area contributed by atoms with Crippen molar-refractivity contribution >= 4 is 34.7 Å². The molecule has 7 N–H and O–H groups in total. The molecule has 4 aromatic rings. The average molecular weight is 772 g/mol. The van der Waals surface area contributed by atoms with E-state index in [1.54, 1.807) is 39.4 Å². The van der Waals surface area contributed by atoms with Gasteiger partial charge in [0.25, 0.3) is 5.91 Å². The molecule has 6 rings (SSSR count). The van der Waals surface area contributed by atoms with E-state index in [1.165, 1.54) is 20.0 Å². The Balaban J connectivity index is 1.24. The number of carbonyl (C=O) groups is 4. The number of hydrogen-bond acceptors (Lipinski definition) is 8. The molecule has 2 aliphatic rings. The molecular weight excluding hydrogens is 715 g/mol. The summed E-state index contributed by atoms with van der Waals surface area (Å²) in [5.74, 6) is 0.638. The molecular formula is C41H57N9O6. The van der Waals surface area contributed by atoms with Gasteiger partial charge in [0.15, 0.2) is 0 Å². The van der Waals surface area contributed by atoms with Crippen molar-refractivity contribution in [2.75, 3.05) is 7.11 Å². The fourth-order valence-electron chi connectivity index (χ4n) is 7.88. The quantitative estimate of drug-likeness (QED) is 0.0790. The van der Waals surface area contributed by atoms with Crippen LogP contribution in [0.15, 0.2) is 42.9 Å². The number of ether oxygens (including phenoxy) is 1. The van der Waals surface area contributed by atoms with Crippen LogP contribution in [0.2, 0.25) is 0 Å². The lowest BCUT2D eigenvalue weighted by Crippen LogP contribution is -2.58. The lowest BCUT2D eigenvalue weighted by Gasteiger charge is -2.26. The zero-order valence-corrected chi connectivity index (χ0v) is 33.0. The summed E-state index contributed by atoms with van der Waals surface area (Å²) in [5, 5.41) is 9.40. The van der Waals surface area contributed by atoms with E-state index in [2.05, 4.69) is 46.4 Å². The predicted molar refractivity (Wildman–Crippen MR) is 210 cm³/mol. The molecule has 0 saturated heterocycles. The standard InChI is InChI=1S/C41H57N9O6/c1-41(2,3)56-40(54)49-33(20-28-23-43-35(45-28)25-13-7-5-8-14-25)38(52)47-32(19-27-22-42-31-18-12-11-17-30(27)31)37(51)48-34(39(53)50-55-4)21-29-24-44-36(46-29)26-15-9-6-10-16-26/h11-12,17-18,22-26,32-34,42H,5-10,13-16,19-21H2,1-4H3,(H,43,45)(H,44,46)(H,47,52)(H,48,51)(H,49,54)(H,50,53)/t32-,33-,34-/m0/s1. The molecule has 0 spiro atoms. The first kappa shape index (κ1) is 40.5. The number of nitrogens with zero attached hydrogens (tertiary/aromatic N) is 2. The van der Waals surface area contributed by atoms with E-state index in [9.17, 15) is 19.2 Å². The van der Waals surface area contributed by atoms with E-state index in [4.69, 9.17) is 9.57 Å². The zero-order chi connectivity index (χ0) is 39.7. The molecule has 2 aliphatic carbocycles. The number of H-pyrrole nitrogens is 3. The van der Waals surface area contributed by atoms with Crippen molar-refractivity contribution in [2.45, 2.75) is 140 Å². The molecule has 3 atom stereocenters. The van der Waals surface area contributed by atoms with Crippen molar-refractivity contribution in [2.24, 2.45) is 0 Å². The molecule has 0 aliphatic heterocycles. The Morgan fingerprint density at radius 1 is 0.732 bits per heavy atom. The minimum Gasteiger partial charge on any atom is -0.444 e. The van der Waals surface area contributed by atoms with Gasteiger partial charge in [0, 0.05) is 72.0 Å². The predicted octanol–water partition coefficient (Wildman–Crippen LogP) is 5.28. The van der Waals surface area contributed by atoms with Gasteiger partial charge in [-0.1, -0.05) is 56.7 Å². The minimum absolute atomic E-state index is 0.0776. The van der Waals surface area contributed by atoms with E-state index in [0.29, 0.717) is 23.2 Å². The highest BCUT2D eigenvalue weighted by molar-refractivity contribution is 5.94. The summed E-state index contributed by atoms with van der Waals surface area (Å²) in [6.45, 7) is 5.22. The molecule has 15 heteroatoms. The van der Waals surface area contributed by atoms with Crippen LogP contribution in [0.5, 0.6) is 0 Å². The summed E-state index contributed by atoms with van der Waals surface area (Å²) in [4.78, 5) is 79.3. The second-order valence-corrected chi connectivity index (χ2v) is 16.2. The van der Waals surface area contributed by atoms with Gasteiger partial charge in [-0.25, -0.2) is 20.2 Å². The number of alkyl carbamates (subject to hydrolysis) is 1. The molecule has 3 aromatic heterocycles. The first-order valence-electron chi connectivity index (χ1n) is 20.0. The number of hydroxylamine groups is 1. The van der Waals surface area contributed by atoms with Crippen molar-refractivity contribution in [3.8, 4) is 0 Å². The Hall–Kier alpha value is -5.18. The third-order valence-corrected chi connectivity index (χ3v) is 10.7. The van der Waals surface area contributed by atoms with Crippen LogP contribution in [0, 0.1) is 0 Å². The number of benzene rings is 1. The molecule has 15 nitrogen and oxygen atoms in total. The highest BCUT2D eigenvalue weighted by atomic mass is 16.6. The summed E-state index contributed by atoms with van der Waals surface area (Å²) < 4.78 is 5.54. The van der Waals surface area contributed by atoms with Crippen LogP contribution in [0.1, 0.15) is 125 Å². The molecule has 1 aromatic carbocycles. The van der Waals surface area contributed by atoms with Crippen molar-refractivity contribution < 1.29 is 28.8 Å². The molecule has 0 unspecified atom stereocenters. The number of aromatic amines is 3. The molecule has 2 saturated carbocycles. The van der Waals surface area contributed by atoms with E-state index in [0.717, 1.165) is 79.5 Å². The fraction of sp³-hybridized carbons (Fsp3) is 0.561. The maximum absolute atomic E-state index is 14.4. The minimum atomic E-state index is -1.15. The molecule has 0 bridgehead atoms. The van der Waals surface area contributed by atoms with Crippen LogP contribution in [0.4, 0.5) is 4.79 Å². The Morgan fingerprint density at radius 3 is 1.79 bits per heavy atom. The monoisotopic (exact) mass is 771 g/mol. The smallest absolute Gasteiger partial charge is 0.408 e.